The van der Waals surface area contributed by atoms with E-state index in [2.05, 4.69) is 53.1 Å². The standard InChI is InChI=1S/C12H18Br3NO3/c1-6(17)8-4-7(11(8,2)3)5-9(18)16-10(19)12(13,14)15/h7-8,10,19H,4-5H2,1-3H3,(H,16,18)/t7-,8+,10+/m1/s1. The summed E-state index contributed by atoms with van der Waals surface area (Å²) in [7, 11) is 0. The highest BCUT2D eigenvalue weighted by molar-refractivity contribution is 9.39. The highest BCUT2D eigenvalue weighted by atomic mass is 80.0. The van der Waals surface area contributed by atoms with Gasteiger partial charge in [-0.3, -0.25) is 9.59 Å². The second kappa shape index (κ2) is 6.12. The molecule has 0 unspecified atom stereocenters. The predicted octanol–water partition coefficient (Wildman–Crippen LogP) is 2.90. The molecule has 1 aliphatic rings. The summed E-state index contributed by atoms with van der Waals surface area (Å²) in [4.78, 5) is 23.3. The fraction of sp³-hybridized carbons (Fsp3) is 0.833. The number of alkyl halides is 3. The Balaban J connectivity index is 2.50. The van der Waals surface area contributed by atoms with Gasteiger partial charge in [0.15, 0.2) is 8.37 Å². The molecule has 0 aromatic rings. The van der Waals surface area contributed by atoms with Crippen LogP contribution in [0.3, 0.4) is 0 Å². The van der Waals surface area contributed by atoms with Gasteiger partial charge in [0.25, 0.3) is 0 Å². The van der Waals surface area contributed by atoms with Gasteiger partial charge in [0.2, 0.25) is 5.91 Å². The van der Waals surface area contributed by atoms with Crippen LogP contribution in [0.1, 0.15) is 33.6 Å². The van der Waals surface area contributed by atoms with Crippen molar-refractivity contribution in [3.63, 3.8) is 0 Å². The van der Waals surface area contributed by atoms with Crippen LogP contribution in [0, 0.1) is 17.3 Å². The van der Waals surface area contributed by atoms with E-state index in [1.807, 2.05) is 13.8 Å². The molecule has 0 radical (unpaired) electrons. The molecule has 0 bridgehead atoms. The molecule has 1 aliphatic carbocycles. The van der Waals surface area contributed by atoms with Gasteiger partial charge in [0, 0.05) is 12.3 Å². The molecule has 1 saturated carbocycles. The monoisotopic (exact) mass is 461 g/mol. The van der Waals surface area contributed by atoms with Crippen LogP contribution < -0.4 is 5.32 Å². The molecule has 1 rings (SSSR count). The molecule has 1 amide bonds. The quantitative estimate of drug-likeness (QED) is 0.497. The smallest absolute Gasteiger partial charge is 0.222 e. The molecule has 3 atom stereocenters. The van der Waals surface area contributed by atoms with E-state index in [1.54, 1.807) is 6.92 Å². The lowest BCUT2D eigenvalue weighted by Gasteiger charge is -2.51. The molecule has 0 saturated heterocycles. The normalized spacial score (nSPS) is 27.3. The summed E-state index contributed by atoms with van der Waals surface area (Å²) >= 11 is 9.43. The van der Waals surface area contributed by atoms with E-state index in [1.165, 1.54) is 0 Å². The second-order valence-corrected chi connectivity index (χ2v) is 12.6. The van der Waals surface area contributed by atoms with Gasteiger partial charge in [0.05, 0.1) is 0 Å². The first-order valence-corrected chi connectivity index (χ1v) is 8.38. The van der Waals surface area contributed by atoms with Crippen molar-refractivity contribution < 1.29 is 14.7 Å². The molecule has 2 N–H and O–H groups in total. The van der Waals surface area contributed by atoms with Crippen molar-refractivity contribution in [3.8, 4) is 0 Å². The number of rotatable bonds is 4. The summed E-state index contributed by atoms with van der Waals surface area (Å²) < 4.78 is -0.931. The molecule has 0 aliphatic heterocycles. The van der Waals surface area contributed by atoms with Gasteiger partial charge in [-0.05, 0) is 24.7 Å². The number of halogens is 3. The Morgan fingerprint density at radius 2 is 1.95 bits per heavy atom. The maximum atomic E-state index is 11.8. The molecular formula is C12H18Br3NO3. The summed E-state index contributed by atoms with van der Waals surface area (Å²) in [5.74, 6) is 0.166. The second-order valence-electron chi connectivity index (χ2n) is 5.63. The van der Waals surface area contributed by atoms with Gasteiger partial charge >= 0.3 is 0 Å². The molecule has 0 heterocycles. The highest BCUT2D eigenvalue weighted by Gasteiger charge is 2.50. The van der Waals surface area contributed by atoms with E-state index < -0.39 is 8.37 Å². The van der Waals surface area contributed by atoms with E-state index in [0.717, 1.165) is 6.42 Å². The van der Waals surface area contributed by atoms with E-state index in [-0.39, 0.29) is 28.9 Å². The summed E-state index contributed by atoms with van der Waals surface area (Å²) in [6, 6.07) is 0. The molecule has 0 aromatic carbocycles. The van der Waals surface area contributed by atoms with Crippen LogP contribution in [-0.4, -0.2) is 25.2 Å². The molecule has 110 valence electrons. The Bertz CT molecular complexity index is 379. The minimum Gasteiger partial charge on any atom is -0.370 e. The molecule has 1 fully saturated rings. The van der Waals surface area contributed by atoms with Crippen LogP contribution in [0.15, 0.2) is 0 Å². The third-order valence-electron chi connectivity index (χ3n) is 4.00. The average molecular weight is 464 g/mol. The van der Waals surface area contributed by atoms with Crippen LogP contribution in [0.5, 0.6) is 0 Å². The van der Waals surface area contributed by atoms with Gasteiger partial charge in [-0.15, -0.1) is 0 Å². The summed E-state index contributed by atoms with van der Waals surface area (Å²) in [5, 5.41) is 12.2. The van der Waals surface area contributed by atoms with Gasteiger partial charge in [-0.2, -0.15) is 0 Å². The minimum absolute atomic E-state index is 0.0397. The summed E-state index contributed by atoms with van der Waals surface area (Å²) in [6.45, 7) is 5.63. The van der Waals surface area contributed by atoms with Crippen molar-refractivity contribution in [2.24, 2.45) is 17.3 Å². The molecule has 19 heavy (non-hydrogen) atoms. The first kappa shape index (κ1) is 17.6. The fourth-order valence-corrected chi connectivity index (χ4v) is 2.91. The lowest BCUT2D eigenvalue weighted by Crippen LogP contribution is -2.51. The third kappa shape index (κ3) is 4.25. The molecule has 7 heteroatoms. The van der Waals surface area contributed by atoms with Crippen molar-refractivity contribution in [2.75, 3.05) is 0 Å². The fourth-order valence-electron chi connectivity index (χ4n) is 2.57. The Kier molecular flexibility index (Phi) is 5.66. The number of aliphatic hydroxyl groups is 1. The number of Topliss-reactive ketones (excluding diaryl/α,β-unsaturated/α-hetero) is 1. The van der Waals surface area contributed by atoms with Gasteiger partial charge in [-0.1, -0.05) is 61.6 Å². The molecule has 0 spiro atoms. The van der Waals surface area contributed by atoms with Crippen molar-refractivity contribution in [3.05, 3.63) is 0 Å². The highest BCUT2D eigenvalue weighted by Crippen LogP contribution is 2.53. The van der Waals surface area contributed by atoms with Crippen LogP contribution in [0.25, 0.3) is 0 Å². The molecule has 4 nitrogen and oxygen atoms in total. The van der Waals surface area contributed by atoms with Crippen molar-refractivity contribution in [2.45, 2.75) is 42.0 Å². The minimum atomic E-state index is -1.09. The number of aliphatic hydroxyl groups excluding tert-OH is 1. The van der Waals surface area contributed by atoms with Gasteiger partial charge in [-0.25, -0.2) is 0 Å². The Labute approximate surface area is 138 Å². The zero-order valence-corrected chi connectivity index (χ0v) is 15.8. The van der Waals surface area contributed by atoms with E-state index in [0.29, 0.717) is 6.42 Å². The van der Waals surface area contributed by atoms with Crippen LogP contribution in [0.4, 0.5) is 0 Å². The zero-order chi connectivity index (χ0) is 15.0. The zero-order valence-electron chi connectivity index (χ0n) is 11.0. The third-order valence-corrected chi connectivity index (χ3v) is 5.30. The maximum absolute atomic E-state index is 11.8. The van der Waals surface area contributed by atoms with Crippen molar-refractivity contribution >= 4 is 59.5 Å². The number of carbonyl (C=O) groups excluding carboxylic acids is 2. The first-order valence-electron chi connectivity index (χ1n) is 6.01. The van der Waals surface area contributed by atoms with Crippen molar-refractivity contribution in [1.82, 2.24) is 5.32 Å². The average Bonchev–Trinajstić information content (AvgIpc) is 2.21. The van der Waals surface area contributed by atoms with Gasteiger partial charge < -0.3 is 10.4 Å². The number of amides is 1. The van der Waals surface area contributed by atoms with E-state index in [4.69, 9.17) is 0 Å². The van der Waals surface area contributed by atoms with Crippen molar-refractivity contribution in [1.29, 1.82) is 0 Å². The van der Waals surface area contributed by atoms with E-state index in [9.17, 15) is 14.7 Å². The van der Waals surface area contributed by atoms with Crippen LogP contribution in [-0.2, 0) is 9.59 Å². The SMILES string of the molecule is CC(=O)[C@@H]1C[C@H](CC(=O)N[C@@H](O)C(Br)(Br)Br)C1(C)C. The topological polar surface area (TPSA) is 66.4 Å². The summed E-state index contributed by atoms with van der Waals surface area (Å²) in [5.41, 5.74) is -0.150. The van der Waals surface area contributed by atoms with Gasteiger partial charge in [0.1, 0.15) is 5.78 Å². The Morgan fingerprint density at radius 1 is 1.42 bits per heavy atom. The lowest BCUT2D eigenvalue weighted by molar-refractivity contribution is -0.141. The first-order chi connectivity index (χ1) is 8.46. The predicted molar refractivity (Wildman–Crippen MR) is 84.3 cm³/mol. The Hall–Kier alpha value is 0.540. The van der Waals surface area contributed by atoms with E-state index >= 15 is 0 Å². The lowest BCUT2D eigenvalue weighted by atomic mass is 9.52. The number of nitrogens with one attached hydrogen (secondary N) is 1. The largest absolute Gasteiger partial charge is 0.370 e. The number of ketones is 1. The summed E-state index contributed by atoms with van der Waals surface area (Å²) in [6.07, 6.45) is -0.0306. The Morgan fingerprint density at radius 3 is 2.32 bits per heavy atom. The number of hydrogen-bond donors (Lipinski definition) is 2. The number of hydrogen-bond acceptors (Lipinski definition) is 3. The van der Waals surface area contributed by atoms with Crippen LogP contribution in [0.2, 0.25) is 0 Å². The maximum Gasteiger partial charge on any atom is 0.222 e. The van der Waals surface area contributed by atoms with Crippen LogP contribution >= 0.6 is 47.8 Å². The number of carbonyl (C=O) groups is 2. The molecule has 0 aromatic heterocycles. The molecular weight excluding hydrogens is 446 g/mol.